The summed E-state index contributed by atoms with van der Waals surface area (Å²) < 4.78 is 0. The Hall–Kier alpha value is -1.33. The predicted molar refractivity (Wildman–Crippen MR) is 71.3 cm³/mol. The summed E-state index contributed by atoms with van der Waals surface area (Å²) in [6, 6.07) is 1.80. The molecule has 2 rings (SSSR count). The molecule has 0 saturated carbocycles. The summed E-state index contributed by atoms with van der Waals surface area (Å²) in [5.74, 6) is 0.403. The van der Waals surface area contributed by atoms with Crippen molar-refractivity contribution in [2.45, 2.75) is 19.9 Å². The van der Waals surface area contributed by atoms with Gasteiger partial charge in [-0.3, -0.25) is 4.79 Å². The minimum Gasteiger partial charge on any atom is -0.369 e. The number of halogens is 1. The van der Waals surface area contributed by atoms with E-state index in [2.05, 4.69) is 4.98 Å². The van der Waals surface area contributed by atoms with Crippen LogP contribution in [0.3, 0.4) is 0 Å². The van der Waals surface area contributed by atoms with Gasteiger partial charge in [0.15, 0.2) is 0 Å². The van der Waals surface area contributed by atoms with E-state index < -0.39 is 5.41 Å². The van der Waals surface area contributed by atoms with Crippen LogP contribution in [0.25, 0.3) is 0 Å². The van der Waals surface area contributed by atoms with Crippen LogP contribution in [0.4, 0.5) is 5.82 Å². The molecule has 1 saturated heterocycles. The number of nitrogens with zero attached hydrogens (tertiary/aromatic N) is 2. The smallest absolute Gasteiger partial charge is 0.225 e. The number of amides is 1. The van der Waals surface area contributed by atoms with Gasteiger partial charge in [-0.1, -0.05) is 11.6 Å². The molecule has 0 radical (unpaired) electrons. The molecular weight excluding hydrogens is 252 g/mol. The first-order valence-corrected chi connectivity index (χ1v) is 6.24. The topological polar surface area (TPSA) is 85.2 Å². The zero-order valence-electron chi connectivity index (χ0n) is 10.3. The number of rotatable bonds is 3. The minimum absolute atomic E-state index is 0.281. The van der Waals surface area contributed by atoms with Crippen molar-refractivity contribution in [3.05, 3.63) is 22.8 Å². The molecule has 1 unspecified atom stereocenters. The number of carbonyl (C=O) groups excluding carboxylic acids is 1. The van der Waals surface area contributed by atoms with Crippen LogP contribution in [0.15, 0.2) is 12.3 Å². The summed E-state index contributed by atoms with van der Waals surface area (Å²) in [4.78, 5) is 17.7. The first-order chi connectivity index (χ1) is 8.48. The highest BCUT2D eigenvalue weighted by Crippen LogP contribution is 2.35. The Morgan fingerprint density at radius 2 is 2.39 bits per heavy atom. The van der Waals surface area contributed by atoms with Gasteiger partial charge >= 0.3 is 0 Å². The van der Waals surface area contributed by atoms with Crippen molar-refractivity contribution in [1.82, 2.24) is 4.98 Å². The van der Waals surface area contributed by atoms with E-state index >= 15 is 0 Å². The number of pyridine rings is 1. The molecule has 1 aromatic rings. The van der Waals surface area contributed by atoms with Gasteiger partial charge < -0.3 is 16.4 Å². The van der Waals surface area contributed by atoms with Crippen LogP contribution in [-0.4, -0.2) is 24.0 Å². The molecule has 1 aliphatic heterocycles. The first-order valence-electron chi connectivity index (χ1n) is 5.86. The SMILES string of the molecule is CC1(C(N)=O)CCN(c2nccc(CN)c2Cl)C1. The molecule has 1 amide bonds. The highest BCUT2D eigenvalue weighted by molar-refractivity contribution is 6.33. The summed E-state index contributed by atoms with van der Waals surface area (Å²) in [5.41, 5.74) is 11.4. The van der Waals surface area contributed by atoms with Crippen molar-refractivity contribution in [3.8, 4) is 0 Å². The summed E-state index contributed by atoms with van der Waals surface area (Å²) in [5, 5.41) is 0.564. The summed E-state index contributed by atoms with van der Waals surface area (Å²) in [6.07, 6.45) is 2.40. The standard InChI is InChI=1S/C12H17ClN4O/c1-12(11(15)18)3-5-17(7-12)10-9(13)8(6-14)2-4-16-10/h2,4H,3,5-7,14H2,1H3,(H2,15,18). The zero-order chi connectivity index (χ0) is 13.3. The van der Waals surface area contributed by atoms with Gasteiger partial charge in [-0.15, -0.1) is 0 Å². The van der Waals surface area contributed by atoms with Crippen LogP contribution in [0, 0.1) is 5.41 Å². The van der Waals surface area contributed by atoms with E-state index in [1.807, 2.05) is 11.8 Å². The molecule has 98 valence electrons. The molecule has 6 heteroatoms. The quantitative estimate of drug-likeness (QED) is 0.853. The fraction of sp³-hybridized carbons (Fsp3) is 0.500. The Bertz CT molecular complexity index is 479. The molecule has 2 heterocycles. The Labute approximate surface area is 111 Å². The fourth-order valence-corrected chi connectivity index (χ4v) is 2.50. The monoisotopic (exact) mass is 268 g/mol. The van der Waals surface area contributed by atoms with Gasteiger partial charge in [0.1, 0.15) is 5.82 Å². The maximum Gasteiger partial charge on any atom is 0.225 e. The first kappa shape index (κ1) is 13.1. The van der Waals surface area contributed by atoms with E-state index in [1.54, 1.807) is 12.3 Å². The summed E-state index contributed by atoms with van der Waals surface area (Å²) in [7, 11) is 0. The Balaban J connectivity index is 2.27. The van der Waals surface area contributed by atoms with Crippen LogP contribution in [0.1, 0.15) is 18.9 Å². The van der Waals surface area contributed by atoms with E-state index in [4.69, 9.17) is 23.1 Å². The second-order valence-electron chi connectivity index (χ2n) is 4.91. The molecule has 4 N–H and O–H groups in total. The number of aromatic nitrogens is 1. The van der Waals surface area contributed by atoms with Gasteiger partial charge in [0.25, 0.3) is 0 Å². The highest BCUT2D eigenvalue weighted by Gasteiger charge is 2.39. The van der Waals surface area contributed by atoms with Gasteiger partial charge in [0, 0.05) is 25.8 Å². The van der Waals surface area contributed by atoms with Crippen LogP contribution in [-0.2, 0) is 11.3 Å². The third-order valence-corrected chi connectivity index (χ3v) is 3.95. The van der Waals surface area contributed by atoms with Crippen molar-refractivity contribution >= 4 is 23.3 Å². The maximum absolute atomic E-state index is 11.4. The molecule has 1 atom stereocenters. The van der Waals surface area contributed by atoms with Crippen molar-refractivity contribution in [1.29, 1.82) is 0 Å². The maximum atomic E-state index is 11.4. The van der Waals surface area contributed by atoms with Crippen LogP contribution in [0.5, 0.6) is 0 Å². The van der Waals surface area contributed by atoms with Crippen molar-refractivity contribution in [3.63, 3.8) is 0 Å². The fourth-order valence-electron chi connectivity index (χ4n) is 2.19. The van der Waals surface area contributed by atoms with Gasteiger partial charge in [-0.25, -0.2) is 4.98 Å². The zero-order valence-corrected chi connectivity index (χ0v) is 11.1. The Kier molecular flexibility index (Phi) is 3.45. The van der Waals surface area contributed by atoms with Crippen LogP contribution < -0.4 is 16.4 Å². The normalized spacial score (nSPS) is 23.4. The number of anilines is 1. The Morgan fingerprint density at radius 1 is 1.67 bits per heavy atom. The van der Waals surface area contributed by atoms with Crippen molar-refractivity contribution in [2.24, 2.45) is 16.9 Å². The lowest BCUT2D eigenvalue weighted by Gasteiger charge is -2.23. The number of nitrogens with two attached hydrogens (primary N) is 2. The van der Waals surface area contributed by atoms with E-state index in [0.29, 0.717) is 30.4 Å². The average molecular weight is 269 g/mol. The average Bonchev–Trinajstić information content (AvgIpc) is 2.73. The van der Waals surface area contributed by atoms with E-state index in [0.717, 1.165) is 12.1 Å². The van der Waals surface area contributed by atoms with E-state index in [9.17, 15) is 4.79 Å². The highest BCUT2D eigenvalue weighted by atomic mass is 35.5. The predicted octanol–water partition coefficient (Wildman–Crippen LogP) is 0.895. The molecule has 1 aromatic heterocycles. The summed E-state index contributed by atoms with van der Waals surface area (Å²) in [6.45, 7) is 3.51. The molecule has 1 fully saturated rings. The molecule has 18 heavy (non-hydrogen) atoms. The van der Waals surface area contributed by atoms with Gasteiger partial charge in [-0.2, -0.15) is 0 Å². The van der Waals surface area contributed by atoms with Crippen LogP contribution in [0.2, 0.25) is 5.02 Å². The number of hydrogen-bond donors (Lipinski definition) is 2. The van der Waals surface area contributed by atoms with Crippen LogP contribution >= 0.6 is 11.6 Å². The van der Waals surface area contributed by atoms with Gasteiger partial charge in [0.05, 0.1) is 10.4 Å². The Morgan fingerprint density at radius 3 is 2.94 bits per heavy atom. The second-order valence-corrected chi connectivity index (χ2v) is 5.29. The van der Waals surface area contributed by atoms with Crippen molar-refractivity contribution < 1.29 is 4.79 Å². The lowest BCUT2D eigenvalue weighted by Crippen LogP contribution is -2.37. The number of hydrogen-bond acceptors (Lipinski definition) is 4. The largest absolute Gasteiger partial charge is 0.369 e. The second kappa shape index (κ2) is 4.74. The molecule has 5 nitrogen and oxygen atoms in total. The molecule has 0 spiro atoms. The molecule has 1 aliphatic rings. The summed E-state index contributed by atoms with van der Waals surface area (Å²) >= 11 is 6.26. The van der Waals surface area contributed by atoms with E-state index in [1.165, 1.54) is 0 Å². The lowest BCUT2D eigenvalue weighted by molar-refractivity contribution is -0.125. The molecule has 0 aliphatic carbocycles. The third-order valence-electron chi connectivity index (χ3n) is 3.54. The lowest BCUT2D eigenvalue weighted by atomic mass is 9.89. The molecule has 0 bridgehead atoms. The van der Waals surface area contributed by atoms with E-state index in [-0.39, 0.29) is 5.91 Å². The van der Waals surface area contributed by atoms with Gasteiger partial charge in [0.2, 0.25) is 5.91 Å². The third kappa shape index (κ3) is 2.15. The molecule has 0 aromatic carbocycles. The number of carbonyl (C=O) groups is 1. The number of primary amides is 1. The molecular formula is C12H17ClN4O. The minimum atomic E-state index is -0.510. The van der Waals surface area contributed by atoms with Gasteiger partial charge in [-0.05, 0) is 25.0 Å². The van der Waals surface area contributed by atoms with Crippen molar-refractivity contribution in [2.75, 3.05) is 18.0 Å².